The van der Waals surface area contributed by atoms with Crippen LogP contribution in [0.2, 0.25) is 0 Å². The van der Waals surface area contributed by atoms with E-state index in [-0.39, 0.29) is 11.9 Å². The van der Waals surface area contributed by atoms with Gasteiger partial charge in [-0.25, -0.2) is 0 Å². The van der Waals surface area contributed by atoms with Gasteiger partial charge in [0.15, 0.2) is 11.5 Å². The Morgan fingerprint density at radius 2 is 2.17 bits per heavy atom. The number of nitrogens with zero attached hydrogens (tertiary/aromatic N) is 5. The van der Waals surface area contributed by atoms with Gasteiger partial charge in [0.25, 0.3) is 11.9 Å². The van der Waals surface area contributed by atoms with E-state index in [1.54, 1.807) is 26.2 Å². The summed E-state index contributed by atoms with van der Waals surface area (Å²) in [6.07, 6.45) is 1.74. The molecule has 0 saturated carbocycles. The van der Waals surface area contributed by atoms with Gasteiger partial charge in [0.2, 0.25) is 0 Å². The molecule has 2 aromatic rings. The largest absolute Gasteiger partial charge is 0.493 e. The zero-order valence-electron chi connectivity index (χ0n) is 13.5. The van der Waals surface area contributed by atoms with Crippen LogP contribution in [0.1, 0.15) is 19.4 Å². The molecule has 2 heterocycles. The van der Waals surface area contributed by atoms with Gasteiger partial charge in [-0.05, 0) is 42.8 Å². The van der Waals surface area contributed by atoms with Crippen molar-refractivity contribution in [1.29, 1.82) is 0 Å². The van der Waals surface area contributed by atoms with Crippen molar-refractivity contribution in [2.75, 3.05) is 18.7 Å². The average Bonchev–Trinajstić information content (AvgIpc) is 3.19. The van der Waals surface area contributed by atoms with Crippen molar-refractivity contribution < 1.29 is 14.3 Å². The normalized spacial score (nSPS) is 15.8. The van der Waals surface area contributed by atoms with Crippen LogP contribution < -0.4 is 14.5 Å². The van der Waals surface area contributed by atoms with E-state index in [0.717, 1.165) is 10.6 Å². The van der Waals surface area contributed by atoms with Gasteiger partial charge in [-0.1, -0.05) is 11.2 Å². The number of tetrazole rings is 1. The summed E-state index contributed by atoms with van der Waals surface area (Å²) in [5.74, 6) is 1.04. The molecule has 0 bridgehead atoms. The summed E-state index contributed by atoms with van der Waals surface area (Å²) in [6, 6.07) is 5.44. The maximum atomic E-state index is 12.5. The van der Waals surface area contributed by atoms with Crippen LogP contribution >= 0.6 is 0 Å². The fourth-order valence-electron chi connectivity index (χ4n) is 2.28. The fraction of sp³-hybridized carbons (Fsp3) is 0.267. The standard InChI is InChI=1S/C15H16N6O3/c1-4-24-13-8-10(5-6-12(13)23-3)7-11-9(2)18-21(14(11)22)15-16-19-20-17-15/h5-8H,4H2,1-3H3,(H,16,17,19,20). The number of benzene rings is 1. The molecule has 0 aliphatic carbocycles. The molecule has 3 rings (SSSR count). The van der Waals surface area contributed by atoms with Crippen LogP contribution in [0, 0.1) is 0 Å². The maximum absolute atomic E-state index is 12.5. The molecule has 1 aromatic carbocycles. The molecule has 1 aliphatic heterocycles. The first kappa shape index (κ1) is 15.7. The number of hydrogen-bond acceptors (Lipinski definition) is 7. The summed E-state index contributed by atoms with van der Waals surface area (Å²) in [5, 5.41) is 18.6. The molecule has 1 amide bonds. The van der Waals surface area contributed by atoms with E-state index >= 15 is 0 Å². The molecule has 1 N–H and O–H groups in total. The van der Waals surface area contributed by atoms with E-state index in [1.165, 1.54) is 0 Å². The Labute approximate surface area is 137 Å². The molecule has 0 radical (unpaired) electrons. The monoisotopic (exact) mass is 328 g/mol. The number of carbonyl (C=O) groups excluding carboxylic acids is 1. The molecule has 0 spiro atoms. The van der Waals surface area contributed by atoms with Gasteiger partial charge in [0.1, 0.15) is 0 Å². The molecule has 0 saturated heterocycles. The highest BCUT2D eigenvalue weighted by Gasteiger charge is 2.31. The first-order valence-corrected chi connectivity index (χ1v) is 7.30. The predicted molar refractivity (Wildman–Crippen MR) is 86.9 cm³/mol. The Bertz CT molecular complexity index is 813. The Kier molecular flexibility index (Phi) is 4.23. The fourth-order valence-corrected chi connectivity index (χ4v) is 2.28. The van der Waals surface area contributed by atoms with Gasteiger partial charge in [-0.3, -0.25) is 4.79 Å². The summed E-state index contributed by atoms with van der Waals surface area (Å²) in [5.41, 5.74) is 1.82. The molecule has 0 fully saturated rings. The van der Waals surface area contributed by atoms with Gasteiger partial charge in [-0.2, -0.15) is 15.3 Å². The molecule has 9 heteroatoms. The molecule has 124 valence electrons. The minimum absolute atomic E-state index is 0.104. The molecule has 24 heavy (non-hydrogen) atoms. The second-order valence-corrected chi connectivity index (χ2v) is 4.92. The SMILES string of the molecule is CCOc1cc(C=C2C(=O)N(c3nn[nH]n3)N=C2C)ccc1OC. The highest BCUT2D eigenvalue weighted by molar-refractivity contribution is 6.31. The molecule has 0 atom stereocenters. The minimum Gasteiger partial charge on any atom is -0.493 e. The topological polar surface area (TPSA) is 106 Å². The van der Waals surface area contributed by atoms with Gasteiger partial charge >= 0.3 is 0 Å². The third-order valence-electron chi connectivity index (χ3n) is 3.38. The average molecular weight is 328 g/mol. The molecular formula is C15H16N6O3. The number of carbonyl (C=O) groups is 1. The lowest BCUT2D eigenvalue weighted by Crippen LogP contribution is -2.22. The van der Waals surface area contributed by atoms with Crippen LogP contribution in [0.3, 0.4) is 0 Å². The van der Waals surface area contributed by atoms with E-state index in [0.29, 0.717) is 29.4 Å². The summed E-state index contributed by atoms with van der Waals surface area (Å²) in [7, 11) is 1.58. The maximum Gasteiger partial charge on any atom is 0.293 e. The van der Waals surface area contributed by atoms with E-state index in [9.17, 15) is 4.79 Å². The molecular weight excluding hydrogens is 312 g/mol. The van der Waals surface area contributed by atoms with Gasteiger partial charge in [-0.15, -0.1) is 5.10 Å². The quantitative estimate of drug-likeness (QED) is 0.832. The van der Waals surface area contributed by atoms with Gasteiger partial charge in [0.05, 0.1) is 25.0 Å². The lowest BCUT2D eigenvalue weighted by atomic mass is 10.1. The lowest BCUT2D eigenvalue weighted by molar-refractivity contribution is -0.114. The number of hydrogen-bond donors (Lipinski definition) is 1. The summed E-state index contributed by atoms with van der Waals surface area (Å²) < 4.78 is 10.8. The Hall–Kier alpha value is -3.23. The Morgan fingerprint density at radius 1 is 1.33 bits per heavy atom. The summed E-state index contributed by atoms with van der Waals surface area (Å²) >= 11 is 0. The van der Waals surface area contributed by atoms with Crippen LogP contribution in [0.25, 0.3) is 6.08 Å². The number of rotatable bonds is 5. The van der Waals surface area contributed by atoms with Crippen molar-refractivity contribution in [2.45, 2.75) is 13.8 Å². The number of ether oxygens (including phenoxy) is 2. The van der Waals surface area contributed by atoms with Gasteiger partial charge in [0, 0.05) is 0 Å². The summed E-state index contributed by atoms with van der Waals surface area (Å²) in [4.78, 5) is 12.5. The Balaban J connectivity index is 1.93. The minimum atomic E-state index is -0.317. The molecule has 0 unspecified atom stereocenters. The van der Waals surface area contributed by atoms with Crippen LogP contribution in [0.4, 0.5) is 5.95 Å². The number of aromatic amines is 1. The Morgan fingerprint density at radius 3 is 2.83 bits per heavy atom. The first-order valence-electron chi connectivity index (χ1n) is 7.30. The number of methoxy groups -OCH3 is 1. The number of anilines is 1. The zero-order chi connectivity index (χ0) is 17.1. The van der Waals surface area contributed by atoms with Crippen LogP contribution in [-0.4, -0.2) is 46.0 Å². The van der Waals surface area contributed by atoms with Crippen molar-refractivity contribution in [2.24, 2.45) is 5.10 Å². The highest BCUT2D eigenvalue weighted by Crippen LogP contribution is 2.30. The molecule has 1 aromatic heterocycles. The van der Waals surface area contributed by atoms with Crippen LogP contribution in [0.5, 0.6) is 11.5 Å². The van der Waals surface area contributed by atoms with Crippen LogP contribution in [0.15, 0.2) is 28.9 Å². The third-order valence-corrected chi connectivity index (χ3v) is 3.38. The smallest absolute Gasteiger partial charge is 0.293 e. The van der Waals surface area contributed by atoms with E-state index in [4.69, 9.17) is 9.47 Å². The predicted octanol–water partition coefficient (Wildman–Crippen LogP) is 1.41. The number of aromatic nitrogens is 4. The molecule has 9 nitrogen and oxygen atoms in total. The zero-order valence-corrected chi connectivity index (χ0v) is 13.5. The highest BCUT2D eigenvalue weighted by atomic mass is 16.5. The van der Waals surface area contributed by atoms with Gasteiger partial charge < -0.3 is 9.47 Å². The summed E-state index contributed by atoms with van der Waals surface area (Å²) in [6.45, 7) is 4.16. The van der Waals surface area contributed by atoms with E-state index in [2.05, 4.69) is 25.7 Å². The van der Waals surface area contributed by atoms with Crippen molar-refractivity contribution in [1.82, 2.24) is 20.6 Å². The van der Waals surface area contributed by atoms with E-state index in [1.807, 2.05) is 19.1 Å². The van der Waals surface area contributed by atoms with Crippen molar-refractivity contribution in [3.05, 3.63) is 29.3 Å². The first-order chi connectivity index (χ1) is 11.6. The van der Waals surface area contributed by atoms with Crippen LogP contribution in [-0.2, 0) is 4.79 Å². The third kappa shape index (κ3) is 2.83. The number of hydrazone groups is 1. The van der Waals surface area contributed by atoms with Crippen molar-refractivity contribution >= 4 is 23.6 Å². The number of amides is 1. The second kappa shape index (κ2) is 6.49. The van der Waals surface area contributed by atoms with Crippen molar-refractivity contribution in [3.8, 4) is 11.5 Å². The number of H-pyrrole nitrogens is 1. The van der Waals surface area contributed by atoms with E-state index < -0.39 is 0 Å². The second-order valence-electron chi connectivity index (χ2n) is 4.92. The van der Waals surface area contributed by atoms with Crippen molar-refractivity contribution in [3.63, 3.8) is 0 Å². The molecule has 1 aliphatic rings. The lowest BCUT2D eigenvalue weighted by Gasteiger charge is -2.10. The number of nitrogens with one attached hydrogen (secondary N) is 1.